The number of rotatable bonds is 0. The van der Waals surface area contributed by atoms with Crippen LogP contribution >= 0.6 is 0 Å². The van der Waals surface area contributed by atoms with Crippen molar-refractivity contribution in [3.8, 4) is 0 Å². The van der Waals surface area contributed by atoms with Crippen molar-refractivity contribution >= 4 is 0 Å². The number of hydrogen-bond donors (Lipinski definition) is 0. The normalized spacial score (nSPS) is 44.4. The second-order valence-corrected chi connectivity index (χ2v) is 10.0. The lowest BCUT2D eigenvalue weighted by atomic mass is 9.74. The fraction of sp³-hybridized carbons (Fsp3) is 1.00. The zero-order chi connectivity index (χ0) is 17.3. The van der Waals surface area contributed by atoms with Crippen molar-refractivity contribution in [1.82, 2.24) is 9.80 Å². The number of nitrogens with zero attached hydrogens (tertiary/aromatic N) is 2. The lowest BCUT2D eigenvalue weighted by Crippen LogP contribution is -2.50. The Morgan fingerprint density at radius 2 is 1.17 bits per heavy atom. The van der Waals surface area contributed by atoms with Crippen LogP contribution in [0.2, 0.25) is 0 Å². The van der Waals surface area contributed by atoms with Gasteiger partial charge in [-0.15, -0.1) is 0 Å². The molecule has 140 valence electrons. The van der Waals surface area contributed by atoms with E-state index < -0.39 is 0 Å². The molecule has 6 atom stereocenters. The molecule has 2 heteroatoms. The zero-order valence-electron chi connectivity index (χ0n) is 17.0. The summed E-state index contributed by atoms with van der Waals surface area (Å²) in [6, 6.07) is 1.86. The van der Waals surface area contributed by atoms with Gasteiger partial charge in [-0.1, -0.05) is 40.0 Å². The lowest BCUT2D eigenvalue weighted by Gasteiger charge is -2.47. The first-order valence-corrected chi connectivity index (χ1v) is 10.8. The van der Waals surface area contributed by atoms with Gasteiger partial charge in [-0.05, 0) is 75.8 Å². The molecule has 6 aliphatic rings. The van der Waals surface area contributed by atoms with Crippen LogP contribution in [0.3, 0.4) is 0 Å². The maximum atomic E-state index is 2.56. The molecule has 6 rings (SSSR count). The van der Waals surface area contributed by atoms with E-state index in [-0.39, 0.29) is 0 Å². The third kappa shape index (κ3) is 4.36. The van der Waals surface area contributed by atoms with Gasteiger partial charge in [-0.25, -0.2) is 0 Å². The Kier molecular flexibility index (Phi) is 6.30. The van der Waals surface area contributed by atoms with Crippen molar-refractivity contribution in [2.24, 2.45) is 29.6 Å². The van der Waals surface area contributed by atoms with Gasteiger partial charge in [0.15, 0.2) is 0 Å². The van der Waals surface area contributed by atoms with Gasteiger partial charge in [0.25, 0.3) is 0 Å². The minimum absolute atomic E-state index is 0.921. The van der Waals surface area contributed by atoms with Crippen molar-refractivity contribution in [2.75, 3.05) is 27.2 Å². The summed E-state index contributed by atoms with van der Waals surface area (Å²) in [5, 5.41) is 0. The van der Waals surface area contributed by atoms with Crippen LogP contribution in [0.4, 0.5) is 0 Å². The van der Waals surface area contributed by atoms with E-state index in [1.165, 1.54) is 64.5 Å². The molecule has 2 nitrogen and oxygen atoms in total. The number of likely N-dealkylation sites (tertiary alicyclic amines) is 1. The van der Waals surface area contributed by atoms with Crippen LogP contribution in [0, 0.1) is 29.6 Å². The Bertz CT molecular complexity index is 367. The van der Waals surface area contributed by atoms with Crippen LogP contribution in [0.15, 0.2) is 0 Å². The summed E-state index contributed by atoms with van der Waals surface area (Å²) in [6.45, 7) is 9.85. The third-order valence-corrected chi connectivity index (χ3v) is 7.79. The van der Waals surface area contributed by atoms with Gasteiger partial charge in [0, 0.05) is 25.2 Å². The predicted molar refractivity (Wildman–Crippen MR) is 104 cm³/mol. The highest BCUT2D eigenvalue weighted by atomic mass is 15.2. The van der Waals surface area contributed by atoms with Crippen molar-refractivity contribution < 1.29 is 0 Å². The average molecular weight is 335 g/mol. The highest BCUT2D eigenvalue weighted by molar-refractivity contribution is 4.94. The van der Waals surface area contributed by atoms with Crippen molar-refractivity contribution in [3.63, 3.8) is 0 Å². The van der Waals surface area contributed by atoms with E-state index in [9.17, 15) is 0 Å². The summed E-state index contributed by atoms with van der Waals surface area (Å²) in [7, 11) is 4.55. The van der Waals surface area contributed by atoms with Gasteiger partial charge in [-0.2, -0.15) is 0 Å². The van der Waals surface area contributed by atoms with E-state index in [4.69, 9.17) is 0 Å². The second-order valence-electron chi connectivity index (χ2n) is 10.0. The van der Waals surface area contributed by atoms with Crippen LogP contribution in [-0.4, -0.2) is 49.1 Å². The molecule has 0 aromatic heterocycles. The summed E-state index contributed by atoms with van der Waals surface area (Å²) in [6.07, 6.45) is 11.9. The highest BCUT2D eigenvalue weighted by Gasteiger charge is 2.40. The largest absolute Gasteiger partial charge is 0.303 e. The van der Waals surface area contributed by atoms with Gasteiger partial charge in [0.1, 0.15) is 0 Å². The van der Waals surface area contributed by atoms with Gasteiger partial charge >= 0.3 is 0 Å². The Morgan fingerprint density at radius 3 is 1.46 bits per heavy atom. The van der Waals surface area contributed by atoms with Crippen molar-refractivity contribution in [1.29, 1.82) is 0 Å². The molecule has 3 aliphatic carbocycles. The van der Waals surface area contributed by atoms with E-state index in [1.54, 1.807) is 0 Å². The molecule has 0 spiro atoms. The third-order valence-electron chi connectivity index (χ3n) is 7.79. The molecule has 4 bridgehead atoms. The number of fused-ring (bicyclic) bond motifs is 5. The Hall–Kier alpha value is -0.0800. The minimum atomic E-state index is 0.921. The van der Waals surface area contributed by atoms with E-state index >= 15 is 0 Å². The average Bonchev–Trinajstić information content (AvgIpc) is 3.04. The molecule has 0 N–H and O–H groups in total. The quantitative estimate of drug-likeness (QED) is 0.622. The smallest absolute Gasteiger partial charge is 0.0121 e. The summed E-state index contributed by atoms with van der Waals surface area (Å²) >= 11 is 0. The Labute approximate surface area is 151 Å². The Balaban J connectivity index is 0.000000112. The topological polar surface area (TPSA) is 6.48 Å². The maximum absolute atomic E-state index is 2.56. The van der Waals surface area contributed by atoms with Gasteiger partial charge in [0.05, 0.1) is 0 Å². The maximum Gasteiger partial charge on any atom is 0.0121 e. The first-order chi connectivity index (χ1) is 11.4. The standard InChI is InChI=1S/C9H17N.C8H15N.C5H10/c1-7-5-8-3-4-9(7)10(2)6-8;1-6-3-7-4-8(6)9(2)5-7;1-5-3-2-4-5/h7-9H,3-6H2,1-2H3;6-8H,3-5H2,1-2H3;5H,2-4H2,1H3. The molecule has 24 heavy (non-hydrogen) atoms. The molecular weight excluding hydrogens is 292 g/mol. The van der Waals surface area contributed by atoms with Crippen LogP contribution in [0.1, 0.15) is 72.1 Å². The summed E-state index contributed by atoms with van der Waals surface area (Å²) < 4.78 is 0. The highest BCUT2D eigenvalue weighted by Crippen LogP contribution is 2.40. The molecule has 3 saturated heterocycles. The van der Waals surface area contributed by atoms with Gasteiger partial charge in [-0.3, -0.25) is 0 Å². The lowest BCUT2D eigenvalue weighted by molar-refractivity contribution is 0.0280. The zero-order valence-corrected chi connectivity index (χ0v) is 17.0. The SMILES string of the molecule is CC1CC2CC1N(C)C2.CC1CC2CCC1N(C)C2.CC1CCC1. The van der Waals surface area contributed by atoms with E-state index in [2.05, 4.69) is 44.7 Å². The van der Waals surface area contributed by atoms with Gasteiger partial charge < -0.3 is 9.80 Å². The monoisotopic (exact) mass is 334 g/mol. The van der Waals surface area contributed by atoms with Crippen LogP contribution in [0.25, 0.3) is 0 Å². The van der Waals surface area contributed by atoms with Crippen molar-refractivity contribution in [2.45, 2.75) is 84.2 Å². The predicted octanol–water partition coefficient (Wildman–Crippen LogP) is 4.89. The number of piperidine rings is 3. The summed E-state index contributed by atoms with van der Waals surface area (Å²) in [4.78, 5) is 5.08. The minimum Gasteiger partial charge on any atom is -0.303 e. The first-order valence-electron chi connectivity index (χ1n) is 10.8. The van der Waals surface area contributed by atoms with Crippen LogP contribution < -0.4 is 0 Å². The van der Waals surface area contributed by atoms with Crippen LogP contribution in [0.5, 0.6) is 0 Å². The van der Waals surface area contributed by atoms with Gasteiger partial charge in [0.2, 0.25) is 0 Å². The summed E-state index contributed by atoms with van der Waals surface area (Å²) in [5.41, 5.74) is 0. The molecule has 6 fully saturated rings. The molecule has 0 amide bonds. The molecular formula is C22H42N2. The molecule has 0 aromatic rings. The molecule has 6 unspecified atom stereocenters. The number of hydrogen-bond acceptors (Lipinski definition) is 2. The fourth-order valence-electron chi connectivity index (χ4n) is 6.13. The Morgan fingerprint density at radius 1 is 0.625 bits per heavy atom. The molecule has 0 radical (unpaired) electrons. The molecule has 3 saturated carbocycles. The van der Waals surface area contributed by atoms with Crippen LogP contribution in [-0.2, 0) is 0 Å². The van der Waals surface area contributed by atoms with Crippen molar-refractivity contribution in [3.05, 3.63) is 0 Å². The van der Waals surface area contributed by atoms with E-state index in [0.717, 1.165) is 41.7 Å². The molecule has 0 aromatic carbocycles. The first kappa shape index (κ1) is 18.7. The fourth-order valence-corrected chi connectivity index (χ4v) is 6.13. The van der Waals surface area contributed by atoms with E-state index in [1.807, 2.05) is 0 Å². The van der Waals surface area contributed by atoms with E-state index in [0.29, 0.717) is 0 Å². The molecule has 3 heterocycles. The summed E-state index contributed by atoms with van der Waals surface area (Å²) in [5.74, 6) is 5.10. The molecule has 3 aliphatic heterocycles. The second kappa shape index (κ2) is 8.08.